The van der Waals surface area contributed by atoms with Crippen molar-refractivity contribution >= 4 is 23.3 Å². The number of halogens is 1. The van der Waals surface area contributed by atoms with Gasteiger partial charge in [-0.05, 0) is 42.8 Å². The van der Waals surface area contributed by atoms with Crippen molar-refractivity contribution in [3.63, 3.8) is 0 Å². The number of nitrogens with zero attached hydrogens (tertiary/aromatic N) is 1. The third-order valence-electron chi connectivity index (χ3n) is 5.49. The lowest BCUT2D eigenvalue weighted by Gasteiger charge is -2.37. The predicted octanol–water partition coefficient (Wildman–Crippen LogP) is 5.28. The van der Waals surface area contributed by atoms with Crippen LogP contribution in [0.25, 0.3) is 0 Å². The van der Waals surface area contributed by atoms with Crippen molar-refractivity contribution in [1.29, 1.82) is 0 Å². The van der Waals surface area contributed by atoms with Crippen LogP contribution in [0.5, 0.6) is 11.5 Å². The van der Waals surface area contributed by atoms with Crippen LogP contribution in [0.15, 0.2) is 54.6 Å². The van der Waals surface area contributed by atoms with Gasteiger partial charge >= 0.3 is 5.97 Å². The fourth-order valence-corrected chi connectivity index (χ4v) is 4.22. The minimum Gasteiger partial charge on any atom is -0.456 e. The maximum Gasteiger partial charge on any atom is 0.340 e. The highest BCUT2D eigenvalue weighted by Gasteiger charge is 2.53. The standard InChI is InChI=1S/C23H18ClNO3/c1-13-10-20-18(12-19(13)24)23(16-7-5-4-6-15(16)22(26)28-23)17-9-8-14(25(2)3)11-21(17)27-20/h4-12H,1-3H3/t23-/m1/s1. The van der Waals surface area contributed by atoms with E-state index < -0.39 is 5.60 Å². The van der Waals surface area contributed by atoms with Crippen molar-refractivity contribution in [1.82, 2.24) is 0 Å². The van der Waals surface area contributed by atoms with E-state index in [4.69, 9.17) is 21.1 Å². The lowest BCUT2D eigenvalue weighted by atomic mass is 9.77. The van der Waals surface area contributed by atoms with Crippen molar-refractivity contribution in [2.45, 2.75) is 12.5 Å². The van der Waals surface area contributed by atoms with Gasteiger partial charge in [0, 0.05) is 47.6 Å². The van der Waals surface area contributed by atoms with E-state index >= 15 is 0 Å². The molecule has 1 atom stereocenters. The molecule has 28 heavy (non-hydrogen) atoms. The summed E-state index contributed by atoms with van der Waals surface area (Å²) in [6.45, 7) is 1.93. The van der Waals surface area contributed by atoms with E-state index in [9.17, 15) is 4.79 Å². The smallest absolute Gasteiger partial charge is 0.340 e. The van der Waals surface area contributed by atoms with Crippen LogP contribution in [0.3, 0.4) is 0 Å². The van der Waals surface area contributed by atoms with Crippen LogP contribution in [0, 0.1) is 6.92 Å². The number of hydrogen-bond acceptors (Lipinski definition) is 4. The van der Waals surface area contributed by atoms with Gasteiger partial charge in [-0.1, -0.05) is 29.8 Å². The largest absolute Gasteiger partial charge is 0.456 e. The maximum absolute atomic E-state index is 12.8. The lowest BCUT2D eigenvalue weighted by Crippen LogP contribution is -2.33. The first-order valence-electron chi connectivity index (χ1n) is 9.05. The first kappa shape index (κ1) is 17.1. The Balaban J connectivity index is 1.88. The number of rotatable bonds is 1. The molecule has 0 bridgehead atoms. The Morgan fingerprint density at radius 1 is 0.929 bits per heavy atom. The van der Waals surface area contributed by atoms with Gasteiger partial charge in [0.05, 0.1) is 5.56 Å². The zero-order valence-electron chi connectivity index (χ0n) is 15.7. The molecular formula is C23H18ClNO3. The van der Waals surface area contributed by atoms with Crippen LogP contribution >= 0.6 is 11.6 Å². The van der Waals surface area contributed by atoms with Gasteiger partial charge in [-0.25, -0.2) is 4.79 Å². The molecule has 3 aromatic carbocycles. The van der Waals surface area contributed by atoms with Crippen LogP contribution in [-0.4, -0.2) is 20.1 Å². The maximum atomic E-state index is 12.8. The van der Waals surface area contributed by atoms with Gasteiger partial charge in [-0.2, -0.15) is 0 Å². The fraction of sp³-hybridized carbons (Fsp3) is 0.174. The number of anilines is 1. The Kier molecular flexibility index (Phi) is 3.52. The predicted molar refractivity (Wildman–Crippen MR) is 109 cm³/mol. The van der Waals surface area contributed by atoms with Crippen molar-refractivity contribution < 1.29 is 14.3 Å². The summed E-state index contributed by atoms with van der Waals surface area (Å²) in [5.41, 5.74) is 3.74. The minimum atomic E-state index is -1.07. The lowest BCUT2D eigenvalue weighted by molar-refractivity contribution is 0.0224. The molecule has 0 fully saturated rings. The molecule has 2 aliphatic heterocycles. The molecule has 0 aromatic heterocycles. The molecule has 5 rings (SSSR count). The summed E-state index contributed by atoms with van der Waals surface area (Å²) >= 11 is 6.46. The summed E-state index contributed by atoms with van der Waals surface area (Å²) in [6, 6.07) is 17.2. The number of fused-ring (bicyclic) bond motifs is 6. The number of benzene rings is 3. The molecule has 0 saturated carbocycles. The zero-order chi connectivity index (χ0) is 19.6. The summed E-state index contributed by atoms with van der Waals surface area (Å²) in [5, 5.41) is 0.607. The van der Waals surface area contributed by atoms with Crippen molar-refractivity contribution in [3.05, 3.63) is 87.4 Å². The third kappa shape index (κ3) is 2.15. The van der Waals surface area contributed by atoms with Gasteiger partial charge in [-0.15, -0.1) is 0 Å². The highest BCUT2D eigenvalue weighted by molar-refractivity contribution is 6.31. The third-order valence-corrected chi connectivity index (χ3v) is 5.90. The average molecular weight is 392 g/mol. The van der Waals surface area contributed by atoms with E-state index in [2.05, 4.69) is 0 Å². The van der Waals surface area contributed by atoms with E-state index in [0.717, 1.165) is 27.9 Å². The number of carbonyl (C=O) groups is 1. The zero-order valence-corrected chi connectivity index (χ0v) is 16.5. The normalized spacial score (nSPS) is 18.8. The molecule has 0 aliphatic carbocycles. The highest BCUT2D eigenvalue weighted by Crippen LogP contribution is 2.57. The summed E-state index contributed by atoms with van der Waals surface area (Å²) in [7, 11) is 3.95. The van der Waals surface area contributed by atoms with Crippen LogP contribution in [0.1, 0.15) is 32.6 Å². The summed E-state index contributed by atoms with van der Waals surface area (Å²) in [4.78, 5) is 14.8. The second kappa shape index (κ2) is 5.76. The first-order valence-corrected chi connectivity index (χ1v) is 9.43. The molecule has 2 aliphatic rings. The van der Waals surface area contributed by atoms with Gasteiger partial charge in [0.25, 0.3) is 0 Å². The molecule has 1 spiro atoms. The molecule has 4 nitrogen and oxygen atoms in total. The summed E-state index contributed by atoms with van der Waals surface area (Å²) in [5.74, 6) is 0.975. The SMILES string of the molecule is Cc1cc2c(cc1Cl)[C@]1(OC(=O)c3ccccc31)c1ccc(N(C)C)cc1O2. The van der Waals surface area contributed by atoms with Gasteiger partial charge in [0.15, 0.2) is 5.60 Å². The van der Waals surface area contributed by atoms with Crippen molar-refractivity contribution in [2.24, 2.45) is 0 Å². The number of hydrogen-bond donors (Lipinski definition) is 0. The highest BCUT2D eigenvalue weighted by atomic mass is 35.5. The molecule has 0 saturated heterocycles. The molecule has 0 amide bonds. The Morgan fingerprint density at radius 3 is 2.46 bits per heavy atom. The van der Waals surface area contributed by atoms with Crippen LogP contribution in [-0.2, 0) is 10.3 Å². The van der Waals surface area contributed by atoms with E-state index in [1.807, 2.05) is 74.4 Å². The minimum absolute atomic E-state index is 0.345. The Hall–Kier alpha value is -2.98. The molecule has 0 N–H and O–H groups in total. The summed E-state index contributed by atoms with van der Waals surface area (Å²) < 4.78 is 12.4. The molecule has 5 heteroatoms. The first-order chi connectivity index (χ1) is 13.4. The molecule has 140 valence electrons. The molecule has 0 unspecified atom stereocenters. The molecular weight excluding hydrogens is 374 g/mol. The topological polar surface area (TPSA) is 38.8 Å². The van der Waals surface area contributed by atoms with Crippen LogP contribution < -0.4 is 9.64 Å². The van der Waals surface area contributed by atoms with E-state index in [-0.39, 0.29) is 5.97 Å². The van der Waals surface area contributed by atoms with E-state index in [1.54, 1.807) is 6.07 Å². The molecule has 0 radical (unpaired) electrons. The number of ether oxygens (including phenoxy) is 2. The van der Waals surface area contributed by atoms with Crippen molar-refractivity contribution in [3.8, 4) is 11.5 Å². The Morgan fingerprint density at radius 2 is 1.68 bits per heavy atom. The quantitative estimate of drug-likeness (QED) is 0.529. The number of carbonyl (C=O) groups excluding carboxylic acids is 1. The second-order valence-electron chi connectivity index (χ2n) is 7.39. The van der Waals surface area contributed by atoms with Crippen LogP contribution in [0.2, 0.25) is 5.02 Å². The summed E-state index contributed by atoms with van der Waals surface area (Å²) in [6.07, 6.45) is 0. The number of esters is 1. The van der Waals surface area contributed by atoms with Crippen LogP contribution in [0.4, 0.5) is 5.69 Å². The molecule has 2 heterocycles. The van der Waals surface area contributed by atoms with E-state index in [1.165, 1.54) is 0 Å². The van der Waals surface area contributed by atoms with Gasteiger partial charge in [-0.3, -0.25) is 0 Å². The van der Waals surface area contributed by atoms with Crippen molar-refractivity contribution in [2.75, 3.05) is 19.0 Å². The van der Waals surface area contributed by atoms with E-state index in [0.29, 0.717) is 22.1 Å². The number of aryl methyl sites for hydroxylation is 1. The molecule has 3 aromatic rings. The van der Waals surface area contributed by atoms with Gasteiger partial charge < -0.3 is 14.4 Å². The fourth-order valence-electron chi connectivity index (χ4n) is 4.06. The second-order valence-corrected chi connectivity index (χ2v) is 7.80. The van der Waals surface area contributed by atoms with Gasteiger partial charge in [0.2, 0.25) is 0 Å². The Labute approximate surface area is 168 Å². The average Bonchev–Trinajstić information content (AvgIpc) is 2.97. The Bertz CT molecular complexity index is 1150. The van der Waals surface area contributed by atoms with Gasteiger partial charge in [0.1, 0.15) is 11.5 Å². The monoisotopic (exact) mass is 391 g/mol.